The van der Waals surface area contributed by atoms with Crippen LogP contribution >= 0.6 is 0 Å². The van der Waals surface area contributed by atoms with Crippen molar-refractivity contribution in [2.45, 2.75) is 12.8 Å². The highest BCUT2D eigenvalue weighted by Gasteiger charge is 2.26. The summed E-state index contributed by atoms with van der Waals surface area (Å²) in [5.74, 6) is 2.80. The van der Waals surface area contributed by atoms with Crippen molar-refractivity contribution >= 4 is 17.4 Å². The minimum absolute atomic E-state index is 0.0120. The van der Waals surface area contributed by atoms with Crippen LogP contribution in [0.25, 0.3) is 11.5 Å². The molecular weight excluding hydrogens is 416 g/mol. The molecule has 166 valence electrons. The lowest BCUT2D eigenvalue weighted by atomic mass is 9.95. The van der Waals surface area contributed by atoms with Crippen LogP contribution in [0.2, 0.25) is 0 Å². The summed E-state index contributed by atoms with van der Waals surface area (Å²) in [6.45, 7) is 1.49. The van der Waals surface area contributed by atoms with Crippen LogP contribution < -0.4 is 15.0 Å². The molecule has 0 atom stereocenters. The average molecular weight is 441 g/mol. The fourth-order valence-electron chi connectivity index (χ4n) is 3.93. The van der Waals surface area contributed by atoms with E-state index in [1.54, 1.807) is 6.26 Å². The van der Waals surface area contributed by atoms with Crippen LogP contribution in [-0.2, 0) is 4.79 Å². The summed E-state index contributed by atoms with van der Waals surface area (Å²) in [6.07, 6.45) is 3.11. The molecule has 0 bridgehead atoms. The van der Waals surface area contributed by atoms with Crippen molar-refractivity contribution < 1.29 is 13.9 Å². The number of carbonyl (C=O) groups is 1. The van der Waals surface area contributed by atoms with E-state index < -0.39 is 0 Å². The van der Waals surface area contributed by atoms with Gasteiger partial charge in [0.15, 0.2) is 17.3 Å². The van der Waals surface area contributed by atoms with E-state index in [-0.39, 0.29) is 11.8 Å². The van der Waals surface area contributed by atoms with Crippen LogP contribution in [0.5, 0.6) is 11.5 Å². The van der Waals surface area contributed by atoms with E-state index in [4.69, 9.17) is 9.15 Å². The summed E-state index contributed by atoms with van der Waals surface area (Å²) in [7, 11) is 0. The normalized spacial score (nSPS) is 14.1. The third-order valence-electron chi connectivity index (χ3n) is 5.73. The predicted octanol–water partition coefficient (Wildman–Crippen LogP) is 5.38. The van der Waals surface area contributed by atoms with Gasteiger partial charge in [0.05, 0.1) is 12.0 Å². The summed E-state index contributed by atoms with van der Waals surface area (Å²) < 4.78 is 11.3. The van der Waals surface area contributed by atoms with Crippen LogP contribution in [-0.4, -0.2) is 29.2 Å². The first-order valence-electron chi connectivity index (χ1n) is 11.0. The molecule has 33 heavy (non-hydrogen) atoms. The third-order valence-corrected chi connectivity index (χ3v) is 5.73. The molecular formula is C26H24N4O3. The van der Waals surface area contributed by atoms with Crippen molar-refractivity contribution in [3.8, 4) is 23.0 Å². The number of hydrogen-bond acceptors (Lipinski definition) is 6. The molecule has 4 aromatic rings. The number of carbonyl (C=O) groups excluding carboxylic acids is 1. The van der Waals surface area contributed by atoms with Crippen molar-refractivity contribution in [1.82, 2.24) is 10.2 Å². The van der Waals surface area contributed by atoms with E-state index >= 15 is 0 Å². The van der Waals surface area contributed by atoms with Gasteiger partial charge in [0.2, 0.25) is 5.91 Å². The number of amides is 1. The standard InChI is InChI=1S/C26H24N4O3/c31-26(27-21-9-4-5-10-24(21)33-20-7-2-1-3-8-20)19-14-16-30(17-15-19)25-13-12-22(28-29-25)23-11-6-18-32-23/h1-13,18-19H,14-17H2,(H,27,31). The lowest BCUT2D eigenvalue weighted by Gasteiger charge is -2.31. The highest BCUT2D eigenvalue weighted by atomic mass is 16.5. The van der Waals surface area contributed by atoms with Gasteiger partial charge in [-0.2, -0.15) is 0 Å². The van der Waals surface area contributed by atoms with Gasteiger partial charge in [-0.25, -0.2) is 0 Å². The van der Waals surface area contributed by atoms with E-state index in [1.807, 2.05) is 78.9 Å². The van der Waals surface area contributed by atoms with Crippen molar-refractivity contribution in [3.05, 3.63) is 85.1 Å². The number of furan rings is 1. The van der Waals surface area contributed by atoms with Gasteiger partial charge in [-0.15, -0.1) is 10.2 Å². The van der Waals surface area contributed by atoms with Gasteiger partial charge in [-0.1, -0.05) is 30.3 Å². The molecule has 5 rings (SSSR count). The fourth-order valence-corrected chi connectivity index (χ4v) is 3.93. The molecule has 7 heteroatoms. The Morgan fingerprint density at radius 1 is 0.909 bits per heavy atom. The number of piperidine rings is 1. The molecule has 0 saturated carbocycles. The van der Waals surface area contributed by atoms with Crippen molar-refractivity contribution in [1.29, 1.82) is 0 Å². The van der Waals surface area contributed by atoms with E-state index in [2.05, 4.69) is 20.4 Å². The molecule has 1 amide bonds. The molecule has 2 aromatic carbocycles. The molecule has 7 nitrogen and oxygen atoms in total. The van der Waals surface area contributed by atoms with Gasteiger partial charge in [0.25, 0.3) is 0 Å². The van der Waals surface area contributed by atoms with Crippen LogP contribution in [0, 0.1) is 5.92 Å². The summed E-state index contributed by atoms with van der Waals surface area (Å²) in [6, 6.07) is 24.6. The van der Waals surface area contributed by atoms with Gasteiger partial charge in [-0.3, -0.25) is 4.79 Å². The number of nitrogens with zero attached hydrogens (tertiary/aromatic N) is 3. The highest BCUT2D eigenvalue weighted by molar-refractivity contribution is 5.94. The van der Waals surface area contributed by atoms with E-state index in [9.17, 15) is 4.79 Å². The molecule has 0 unspecified atom stereocenters. The first-order chi connectivity index (χ1) is 16.3. The maximum absolute atomic E-state index is 13.0. The lowest BCUT2D eigenvalue weighted by Crippen LogP contribution is -2.38. The summed E-state index contributed by atoms with van der Waals surface area (Å²) in [5, 5.41) is 11.7. The molecule has 1 aliphatic rings. The Balaban J connectivity index is 1.19. The van der Waals surface area contributed by atoms with Crippen LogP contribution in [0.1, 0.15) is 12.8 Å². The summed E-state index contributed by atoms with van der Waals surface area (Å²) >= 11 is 0. The van der Waals surface area contributed by atoms with Crippen LogP contribution in [0.4, 0.5) is 11.5 Å². The number of ether oxygens (including phenoxy) is 1. The van der Waals surface area contributed by atoms with E-state index in [0.717, 1.165) is 37.5 Å². The number of nitrogens with one attached hydrogen (secondary N) is 1. The second kappa shape index (κ2) is 9.56. The molecule has 2 aromatic heterocycles. The number of hydrogen-bond donors (Lipinski definition) is 1. The Bertz CT molecular complexity index is 1190. The quantitative estimate of drug-likeness (QED) is 0.433. The maximum Gasteiger partial charge on any atom is 0.227 e. The first kappa shape index (κ1) is 20.8. The van der Waals surface area contributed by atoms with Crippen LogP contribution in [0.15, 0.2) is 89.5 Å². The molecule has 1 aliphatic heterocycles. The molecule has 0 aliphatic carbocycles. The Morgan fingerprint density at radius 3 is 2.42 bits per heavy atom. The van der Waals surface area contributed by atoms with Gasteiger partial charge >= 0.3 is 0 Å². The smallest absolute Gasteiger partial charge is 0.227 e. The fraction of sp³-hybridized carbons (Fsp3) is 0.192. The maximum atomic E-state index is 13.0. The van der Waals surface area contributed by atoms with E-state index in [0.29, 0.717) is 22.9 Å². The molecule has 1 N–H and O–H groups in total. The third kappa shape index (κ3) is 4.87. The number of benzene rings is 2. The second-order valence-electron chi connectivity index (χ2n) is 7.92. The van der Waals surface area contributed by atoms with Crippen molar-refractivity contribution in [2.75, 3.05) is 23.3 Å². The first-order valence-corrected chi connectivity index (χ1v) is 11.0. The summed E-state index contributed by atoms with van der Waals surface area (Å²) in [4.78, 5) is 15.1. The minimum atomic E-state index is -0.0682. The zero-order valence-corrected chi connectivity index (χ0v) is 18.1. The Labute approximate surface area is 192 Å². The summed E-state index contributed by atoms with van der Waals surface area (Å²) in [5.41, 5.74) is 1.38. The van der Waals surface area contributed by atoms with E-state index in [1.165, 1.54) is 0 Å². The molecule has 3 heterocycles. The molecule has 0 radical (unpaired) electrons. The lowest BCUT2D eigenvalue weighted by molar-refractivity contribution is -0.120. The highest BCUT2D eigenvalue weighted by Crippen LogP contribution is 2.31. The van der Waals surface area contributed by atoms with Crippen molar-refractivity contribution in [2.24, 2.45) is 5.92 Å². The van der Waals surface area contributed by atoms with Gasteiger partial charge in [-0.05, 0) is 61.4 Å². The predicted molar refractivity (Wildman–Crippen MR) is 126 cm³/mol. The second-order valence-corrected chi connectivity index (χ2v) is 7.92. The number of anilines is 2. The Hall–Kier alpha value is -4.13. The monoisotopic (exact) mass is 440 g/mol. The zero-order chi connectivity index (χ0) is 22.5. The number of rotatable bonds is 6. The molecule has 0 spiro atoms. The largest absolute Gasteiger partial charge is 0.463 e. The van der Waals surface area contributed by atoms with Gasteiger partial charge in [0.1, 0.15) is 11.4 Å². The Morgan fingerprint density at radius 2 is 1.70 bits per heavy atom. The van der Waals surface area contributed by atoms with Gasteiger partial charge in [0, 0.05) is 19.0 Å². The Kier molecular flexibility index (Phi) is 6.01. The van der Waals surface area contributed by atoms with Crippen molar-refractivity contribution in [3.63, 3.8) is 0 Å². The number of para-hydroxylation sites is 3. The molecule has 1 fully saturated rings. The molecule has 1 saturated heterocycles. The number of aromatic nitrogens is 2. The SMILES string of the molecule is O=C(Nc1ccccc1Oc1ccccc1)C1CCN(c2ccc(-c3ccco3)nn2)CC1. The minimum Gasteiger partial charge on any atom is -0.463 e. The van der Waals surface area contributed by atoms with Crippen LogP contribution in [0.3, 0.4) is 0 Å². The van der Waals surface area contributed by atoms with Gasteiger partial charge < -0.3 is 19.4 Å². The average Bonchev–Trinajstić information content (AvgIpc) is 3.41. The topological polar surface area (TPSA) is 80.5 Å². The zero-order valence-electron chi connectivity index (χ0n) is 18.1.